The number of alkyl halides is 3. The van der Waals surface area contributed by atoms with E-state index in [1.807, 2.05) is 24.3 Å². The highest BCUT2D eigenvalue weighted by Crippen LogP contribution is 2.48. The molecular weight excluding hydrogens is 383 g/mol. The van der Waals surface area contributed by atoms with E-state index in [0.29, 0.717) is 5.56 Å². The highest BCUT2D eigenvalue weighted by molar-refractivity contribution is 9.10. The average Bonchev–Trinajstić information content (AvgIpc) is 3.33. The van der Waals surface area contributed by atoms with E-state index in [2.05, 4.69) is 21.2 Å². The van der Waals surface area contributed by atoms with Crippen molar-refractivity contribution in [1.29, 1.82) is 0 Å². The average molecular weight is 398 g/mol. The first kappa shape index (κ1) is 17.0. The predicted octanol–water partition coefficient (Wildman–Crippen LogP) is 4.89. The summed E-state index contributed by atoms with van der Waals surface area (Å²) in [5.41, 5.74) is 1.09. The van der Waals surface area contributed by atoms with Gasteiger partial charge in [0.15, 0.2) is 0 Å². The van der Waals surface area contributed by atoms with E-state index in [-0.39, 0.29) is 24.3 Å². The van der Waals surface area contributed by atoms with Gasteiger partial charge in [-0.05, 0) is 47.7 Å². The molecule has 3 rings (SSSR count). The van der Waals surface area contributed by atoms with Crippen LogP contribution in [0.2, 0.25) is 0 Å². The molecule has 2 unspecified atom stereocenters. The highest BCUT2D eigenvalue weighted by Gasteiger charge is 2.43. The number of carbonyl (C=O) groups excluding carboxylic acids is 1. The van der Waals surface area contributed by atoms with Crippen LogP contribution in [0.15, 0.2) is 53.0 Å². The predicted molar refractivity (Wildman–Crippen MR) is 88.3 cm³/mol. The summed E-state index contributed by atoms with van der Waals surface area (Å²) in [7, 11) is 0. The van der Waals surface area contributed by atoms with Crippen LogP contribution >= 0.6 is 15.9 Å². The van der Waals surface area contributed by atoms with Crippen LogP contribution in [-0.4, -0.2) is 5.91 Å². The van der Waals surface area contributed by atoms with Crippen molar-refractivity contribution in [2.45, 2.75) is 25.1 Å². The molecule has 1 aliphatic carbocycles. The van der Waals surface area contributed by atoms with Crippen LogP contribution in [0.25, 0.3) is 0 Å². The Morgan fingerprint density at radius 1 is 1.17 bits per heavy atom. The maximum Gasteiger partial charge on any atom is 0.416 e. The molecular formula is C18H15BrF3NO. The topological polar surface area (TPSA) is 29.1 Å². The van der Waals surface area contributed by atoms with Gasteiger partial charge < -0.3 is 5.32 Å². The molecule has 1 fully saturated rings. The van der Waals surface area contributed by atoms with E-state index in [9.17, 15) is 18.0 Å². The van der Waals surface area contributed by atoms with Crippen LogP contribution < -0.4 is 5.32 Å². The van der Waals surface area contributed by atoms with Crippen LogP contribution in [0, 0.1) is 5.92 Å². The Bertz CT molecular complexity index is 743. The quantitative estimate of drug-likeness (QED) is 0.781. The van der Waals surface area contributed by atoms with Gasteiger partial charge in [-0.25, -0.2) is 0 Å². The third kappa shape index (κ3) is 3.98. The SMILES string of the molecule is O=C(NCc1ccc(C(F)(F)F)cc1)C1CC1c1cccc(Br)c1. The Hall–Kier alpha value is -1.82. The zero-order valence-corrected chi connectivity index (χ0v) is 14.2. The molecule has 2 aromatic rings. The zero-order valence-electron chi connectivity index (χ0n) is 12.6. The van der Waals surface area contributed by atoms with Gasteiger partial charge in [0.1, 0.15) is 0 Å². The molecule has 1 amide bonds. The molecule has 0 bridgehead atoms. The van der Waals surface area contributed by atoms with Gasteiger partial charge in [-0.1, -0.05) is 40.2 Å². The van der Waals surface area contributed by atoms with Gasteiger partial charge in [0.25, 0.3) is 0 Å². The summed E-state index contributed by atoms with van der Waals surface area (Å²) in [6.45, 7) is 0.235. The van der Waals surface area contributed by atoms with Crippen LogP contribution in [0.1, 0.15) is 29.0 Å². The van der Waals surface area contributed by atoms with Crippen molar-refractivity contribution in [2.24, 2.45) is 5.92 Å². The Kier molecular flexibility index (Phi) is 4.67. The van der Waals surface area contributed by atoms with Gasteiger partial charge in [-0.15, -0.1) is 0 Å². The summed E-state index contributed by atoms with van der Waals surface area (Å²) in [4.78, 5) is 12.2. The van der Waals surface area contributed by atoms with E-state index in [0.717, 1.165) is 28.6 Å². The first-order valence-electron chi connectivity index (χ1n) is 7.54. The maximum absolute atomic E-state index is 12.5. The van der Waals surface area contributed by atoms with E-state index in [1.165, 1.54) is 12.1 Å². The minimum atomic E-state index is -4.34. The number of carbonyl (C=O) groups is 1. The first-order chi connectivity index (χ1) is 11.3. The molecule has 2 nitrogen and oxygen atoms in total. The summed E-state index contributed by atoms with van der Waals surface area (Å²) in [6.07, 6.45) is -3.54. The number of nitrogens with one attached hydrogen (secondary N) is 1. The second-order valence-corrected chi connectivity index (χ2v) is 6.83. The largest absolute Gasteiger partial charge is 0.416 e. The van der Waals surface area contributed by atoms with Crippen molar-refractivity contribution < 1.29 is 18.0 Å². The molecule has 0 aromatic heterocycles. The van der Waals surface area contributed by atoms with Crippen LogP contribution in [0.4, 0.5) is 13.2 Å². The van der Waals surface area contributed by atoms with Gasteiger partial charge in [-0.3, -0.25) is 4.79 Å². The molecule has 1 aliphatic rings. The molecule has 126 valence electrons. The number of halogens is 4. The zero-order chi connectivity index (χ0) is 17.3. The van der Waals surface area contributed by atoms with Gasteiger partial charge in [-0.2, -0.15) is 13.2 Å². The monoisotopic (exact) mass is 397 g/mol. The van der Waals surface area contributed by atoms with Crippen LogP contribution in [-0.2, 0) is 17.5 Å². The summed E-state index contributed by atoms with van der Waals surface area (Å²) in [5.74, 6) is 0.101. The third-order valence-corrected chi connectivity index (χ3v) is 4.65. The van der Waals surface area contributed by atoms with Crippen molar-refractivity contribution in [3.63, 3.8) is 0 Å². The lowest BCUT2D eigenvalue weighted by atomic mass is 10.1. The molecule has 6 heteroatoms. The Labute approximate surface area is 146 Å². The highest BCUT2D eigenvalue weighted by atomic mass is 79.9. The normalized spacial score (nSPS) is 19.8. The molecule has 1 saturated carbocycles. The van der Waals surface area contributed by atoms with Crippen molar-refractivity contribution >= 4 is 21.8 Å². The lowest BCUT2D eigenvalue weighted by Crippen LogP contribution is -2.24. The molecule has 0 radical (unpaired) electrons. The first-order valence-corrected chi connectivity index (χ1v) is 8.33. The third-order valence-electron chi connectivity index (χ3n) is 4.15. The van der Waals surface area contributed by atoms with Gasteiger partial charge in [0.05, 0.1) is 5.56 Å². The Morgan fingerprint density at radius 3 is 2.50 bits per heavy atom. The van der Waals surface area contributed by atoms with E-state index >= 15 is 0 Å². The molecule has 2 aromatic carbocycles. The second kappa shape index (κ2) is 6.59. The minimum absolute atomic E-state index is 0.0557. The van der Waals surface area contributed by atoms with Gasteiger partial charge in [0, 0.05) is 16.9 Å². The fourth-order valence-electron chi connectivity index (χ4n) is 2.72. The van der Waals surface area contributed by atoms with Gasteiger partial charge in [0.2, 0.25) is 5.91 Å². The standard InChI is InChI=1S/C18H15BrF3NO/c19-14-3-1-2-12(8-14)15-9-16(15)17(24)23-10-11-4-6-13(7-5-11)18(20,21)22/h1-8,15-16H,9-10H2,(H,23,24). The molecule has 0 aliphatic heterocycles. The van der Waals surface area contributed by atoms with E-state index in [1.54, 1.807) is 0 Å². The lowest BCUT2D eigenvalue weighted by molar-refractivity contribution is -0.137. The van der Waals surface area contributed by atoms with Crippen molar-refractivity contribution in [2.75, 3.05) is 0 Å². The van der Waals surface area contributed by atoms with Crippen LogP contribution in [0.3, 0.4) is 0 Å². The summed E-state index contributed by atoms with van der Waals surface area (Å²) in [5, 5.41) is 2.80. The number of amides is 1. The minimum Gasteiger partial charge on any atom is -0.352 e. The number of benzene rings is 2. The summed E-state index contributed by atoms with van der Waals surface area (Å²) < 4.78 is 38.5. The fourth-order valence-corrected chi connectivity index (χ4v) is 3.14. The molecule has 0 heterocycles. The molecule has 2 atom stereocenters. The summed E-state index contributed by atoms with van der Waals surface area (Å²) in [6, 6.07) is 12.7. The van der Waals surface area contributed by atoms with E-state index < -0.39 is 11.7 Å². The smallest absolute Gasteiger partial charge is 0.352 e. The Morgan fingerprint density at radius 2 is 1.88 bits per heavy atom. The van der Waals surface area contributed by atoms with Crippen LogP contribution in [0.5, 0.6) is 0 Å². The maximum atomic E-state index is 12.5. The van der Waals surface area contributed by atoms with Crippen molar-refractivity contribution in [1.82, 2.24) is 5.32 Å². The van der Waals surface area contributed by atoms with Gasteiger partial charge >= 0.3 is 6.18 Å². The molecule has 0 saturated heterocycles. The molecule has 1 N–H and O–H groups in total. The van der Waals surface area contributed by atoms with Crippen molar-refractivity contribution in [3.8, 4) is 0 Å². The summed E-state index contributed by atoms with van der Waals surface area (Å²) >= 11 is 3.42. The number of hydrogen-bond acceptors (Lipinski definition) is 1. The van der Waals surface area contributed by atoms with E-state index in [4.69, 9.17) is 0 Å². The van der Waals surface area contributed by atoms with Crippen molar-refractivity contribution in [3.05, 3.63) is 69.7 Å². The fraction of sp³-hybridized carbons (Fsp3) is 0.278. The molecule has 0 spiro atoms. The molecule has 24 heavy (non-hydrogen) atoms. The second-order valence-electron chi connectivity index (χ2n) is 5.92. The Balaban J connectivity index is 1.53. The number of hydrogen-bond donors (Lipinski definition) is 1. The number of rotatable bonds is 4. The lowest BCUT2D eigenvalue weighted by Gasteiger charge is -2.09.